The van der Waals surface area contributed by atoms with Gasteiger partial charge in [-0.25, -0.2) is 4.79 Å². The number of rotatable bonds is 1. The van der Waals surface area contributed by atoms with E-state index in [1.54, 1.807) is 19.1 Å². The number of aryl methyl sites for hydroxylation is 1. The normalized spacial score (nSPS) is 18.4. The Morgan fingerprint density at radius 3 is 2.58 bits per heavy atom. The van der Waals surface area contributed by atoms with Crippen LogP contribution >= 0.6 is 15.9 Å². The molecule has 0 fully saturated rings. The van der Waals surface area contributed by atoms with Crippen molar-refractivity contribution in [2.24, 2.45) is 0 Å². The van der Waals surface area contributed by atoms with Gasteiger partial charge in [-0.3, -0.25) is 0 Å². The predicted molar refractivity (Wildman–Crippen MR) is 68.0 cm³/mol. The molecule has 1 aliphatic heterocycles. The van der Waals surface area contributed by atoms with Crippen molar-refractivity contribution in [2.75, 3.05) is 5.32 Å². The van der Waals surface area contributed by atoms with Crippen LogP contribution in [-0.2, 0) is 4.79 Å². The van der Waals surface area contributed by atoms with Crippen molar-refractivity contribution >= 4 is 33.7 Å². The van der Waals surface area contributed by atoms with E-state index in [4.69, 9.17) is 5.11 Å². The largest absolute Gasteiger partial charge is 0.478 e. The van der Waals surface area contributed by atoms with Crippen molar-refractivity contribution < 1.29 is 23.1 Å². The lowest BCUT2D eigenvalue weighted by atomic mass is 9.96. The lowest BCUT2D eigenvalue weighted by molar-refractivity contribution is -0.146. The molecule has 1 aliphatic rings. The molecule has 0 aromatic heterocycles. The number of nitrogens with one attached hydrogen (secondary N) is 1. The molecule has 1 atom stereocenters. The highest BCUT2D eigenvalue weighted by molar-refractivity contribution is 9.10. The maximum Gasteiger partial charge on any atom is 0.413 e. The Morgan fingerprint density at radius 1 is 1.42 bits per heavy atom. The van der Waals surface area contributed by atoms with Crippen LogP contribution in [0.15, 0.2) is 22.2 Å². The number of alkyl halides is 3. The fraction of sp³-hybridized carbons (Fsp3) is 0.250. The standard InChI is InChI=1S/C12H9BrF3NO2/c1-5-2-6-4-7(11(18)19)10(12(14,15)16)17-9(6)8(13)3-5/h2-4,10,17H,1H3,(H,18,19). The van der Waals surface area contributed by atoms with Gasteiger partial charge in [0.15, 0.2) is 6.04 Å². The monoisotopic (exact) mass is 335 g/mol. The average molecular weight is 336 g/mol. The number of hydrogen-bond donors (Lipinski definition) is 2. The first-order chi connectivity index (χ1) is 8.70. The fourth-order valence-electron chi connectivity index (χ4n) is 1.95. The third kappa shape index (κ3) is 2.60. The van der Waals surface area contributed by atoms with Gasteiger partial charge in [0, 0.05) is 4.47 Å². The molecule has 19 heavy (non-hydrogen) atoms. The third-order valence-electron chi connectivity index (χ3n) is 2.75. The Kier molecular flexibility index (Phi) is 3.34. The summed E-state index contributed by atoms with van der Waals surface area (Å²) in [6.45, 7) is 1.77. The molecule has 0 saturated heterocycles. The van der Waals surface area contributed by atoms with Crippen molar-refractivity contribution in [2.45, 2.75) is 19.1 Å². The topological polar surface area (TPSA) is 49.3 Å². The van der Waals surface area contributed by atoms with Crippen molar-refractivity contribution in [3.8, 4) is 0 Å². The molecule has 2 N–H and O–H groups in total. The lowest BCUT2D eigenvalue weighted by Crippen LogP contribution is -2.42. The molecule has 1 aromatic rings. The number of fused-ring (bicyclic) bond motifs is 1. The van der Waals surface area contributed by atoms with Gasteiger partial charge in [-0.15, -0.1) is 0 Å². The molecule has 1 heterocycles. The minimum Gasteiger partial charge on any atom is -0.478 e. The van der Waals surface area contributed by atoms with Crippen LogP contribution in [0.4, 0.5) is 18.9 Å². The summed E-state index contributed by atoms with van der Waals surface area (Å²) in [6.07, 6.45) is -3.61. The highest BCUT2D eigenvalue weighted by atomic mass is 79.9. The van der Waals surface area contributed by atoms with Gasteiger partial charge in [-0.05, 0) is 52.2 Å². The van der Waals surface area contributed by atoms with E-state index in [1.807, 2.05) is 0 Å². The summed E-state index contributed by atoms with van der Waals surface area (Å²) < 4.78 is 39.1. The quantitative estimate of drug-likeness (QED) is 0.824. The van der Waals surface area contributed by atoms with E-state index in [0.717, 1.165) is 11.6 Å². The van der Waals surface area contributed by atoms with Crippen LogP contribution in [0, 0.1) is 6.92 Å². The van der Waals surface area contributed by atoms with E-state index in [0.29, 0.717) is 10.0 Å². The molecule has 0 amide bonds. The van der Waals surface area contributed by atoms with Crippen molar-refractivity contribution in [3.63, 3.8) is 0 Å². The number of carboxylic acids is 1. The number of aliphatic carboxylic acids is 1. The smallest absolute Gasteiger partial charge is 0.413 e. The summed E-state index contributed by atoms with van der Waals surface area (Å²) >= 11 is 3.18. The number of carboxylic acid groups (broad SMARTS) is 1. The maximum atomic E-state index is 12.9. The maximum absolute atomic E-state index is 12.9. The van der Waals surface area contributed by atoms with Crippen molar-refractivity contribution in [1.82, 2.24) is 0 Å². The second kappa shape index (κ2) is 4.56. The third-order valence-corrected chi connectivity index (χ3v) is 3.38. The lowest BCUT2D eigenvalue weighted by Gasteiger charge is -2.29. The fourth-order valence-corrected chi connectivity index (χ4v) is 2.66. The zero-order valence-corrected chi connectivity index (χ0v) is 11.3. The van der Waals surface area contributed by atoms with Gasteiger partial charge in [-0.1, -0.05) is 0 Å². The molecular weight excluding hydrogens is 327 g/mol. The number of anilines is 1. The average Bonchev–Trinajstić information content (AvgIpc) is 2.25. The molecule has 0 spiro atoms. The molecule has 0 saturated carbocycles. The van der Waals surface area contributed by atoms with Gasteiger partial charge in [0.05, 0.1) is 11.3 Å². The molecule has 1 unspecified atom stereocenters. The summed E-state index contributed by atoms with van der Waals surface area (Å²) in [5, 5.41) is 11.2. The molecular formula is C12H9BrF3NO2. The van der Waals surface area contributed by atoms with Crippen LogP contribution in [-0.4, -0.2) is 23.3 Å². The van der Waals surface area contributed by atoms with E-state index in [-0.39, 0.29) is 5.69 Å². The van der Waals surface area contributed by atoms with Gasteiger partial charge in [-0.2, -0.15) is 13.2 Å². The minimum atomic E-state index is -4.67. The number of hydrogen-bond acceptors (Lipinski definition) is 2. The van der Waals surface area contributed by atoms with E-state index in [1.165, 1.54) is 0 Å². The van der Waals surface area contributed by atoms with E-state index < -0.39 is 23.8 Å². The summed E-state index contributed by atoms with van der Waals surface area (Å²) in [5.74, 6) is -1.59. The highest BCUT2D eigenvalue weighted by Gasteiger charge is 2.46. The Morgan fingerprint density at radius 2 is 2.05 bits per heavy atom. The van der Waals surface area contributed by atoms with Gasteiger partial charge >= 0.3 is 12.1 Å². The first kappa shape index (κ1) is 13.9. The zero-order valence-electron chi connectivity index (χ0n) is 9.68. The molecule has 0 aliphatic carbocycles. The van der Waals surface area contributed by atoms with Gasteiger partial charge < -0.3 is 10.4 Å². The summed E-state index contributed by atoms with van der Waals surface area (Å²) in [7, 11) is 0. The SMILES string of the molecule is Cc1cc(Br)c2c(c1)C=C(C(=O)O)C(C(F)(F)F)N2. The van der Waals surface area contributed by atoms with Crippen LogP contribution in [0.2, 0.25) is 0 Å². The van der Waals surface area contributed by atoms with Crippen LogP contribution in [0.5, 0.6) is 0 Å². The first-order valence-electron chi connectivity index (χ1n) is 5.28. The summed E-state index contributed by atoms with van der Waals surface area (Å²) in [5.41, 5.74) is 0.777. The Bertz CT molecular complexity index is 581. The van der Waals surface area contributed by atoms with Crippen LogP contribution in [0.3, 0.4) is 0 Å². The predicted octanol–water partition coefficient (Wildman–Crippen LogP) is 3.58. The highest BCUT2D eigenvalue weighted by Crippen LogP contribution is 2.39. The van der Waals surface area contributed by atoms with E-state index >= 15 is 0 Å². The van der Waals surface area contributed by atoms with Crippen molar-refractivity contribution in [3.05, 3.63) is 33.3 Å². The number of carbonyl (C=O) groups is 1. The van der Waals surface area contributed by atoms with Crippen LogP contribution < -0.4 is 5.32 Å². The van der Waals surface area contributed by atoms with E-state index in [2.05, 4.69) is 21.2 Å². The zero-order chi connectivity index (χ0) is 14.4. The Balaban J connectivity index is 2.61. The van der Waals surface area contributed by atoms with Gasteiger partial charge in [0.2, 0.25) is 0 Å². The number of benzene rings is 1. The molecule has 0 bridgehead atoms. The Hall–Kier alpha value is -1.50. The summed E-state index contributed by atoms with van der Waals surface area (Å²) in [4.78, 5) is 11.0. The molecule has 0 radical (unpaired) electrons. The van der Waals surface area contributed by atoms with Crippen molar-refractivity contribution in [1.29, 1.82) is 0 Å². The minimum absolute atomic E-state index is 0.248. The Labute approximate surface area is 115 Å². The first-order valence-corrected chi connectivity index (χ1v) is 6.07. The molecule has 102 valence electrons. The van der Waals surface area contributed by atoms with E-state index in [9.17, 15) is 18.0 Å². The van der Waals surface area contributed by atoms with Gasteiger partial charge in [0.25, 0.3) is 0 Å². The molecule has 3 nitrogen and oxygen atoms in total. The van der Waals surface area contributed by atoms with Crippen LogP contribution in [0.1, 0.15) is 11.1 Å². The number of halogens is 4. The molecule has 1 aromatic carbocycles. The molecule has 7 heteroatoms. The second-order valence-electron chi connectivity index (χ2n) is 4.23. The summed E-state index contributed by atoms with van der Waals surface area (Å²) in [6, 6.07) is 1.08. The molecule has 2 rings (SSSR count). The van der Waals surface area contributed by atoms with Gasteiger partial charge in [0.1, 0.15) is 0 Å². The second-order valence-corrected chi connectivity index (χ2v) is 5.09. The van der Waals surface area contributed by atoms with Crippen LogP contribution in [0.25, 0.3) is 6.08 Å².